The Bertz CT molecular complexity index is 497. The molecule has 2 rings (SSSR count). The molecule has 1 aromatic heterocycles. The number of nitrogens with one attached hydrogen (secondary N) is 1. The van der Waals surface area contributed by atoms with Crippen LogP contribution in [-0.4, -0.2) is 38.6 Å². The van der Waals surface area contributed by atoms with Gasteiger partial charge in [-0.15, -0.1) is 0 Å². The van der Waals surface area contributed by atoms with E-state index >= 15 is 0 Å². The molecule has 1 aromatic rings. The molecule has 0 aliphatic carbocycles. The minimum absolute atomic E-state index is 0.00871. The summed E-state index contributed by atoms with van der Waals surface area (Å²) in [6.45, 7) is 4.37. The number of aromatic nitrogens is 2. The lowest BCUT2D eigenvalue weighted by atomic mass is 10.0. The molecule has 6 nitrogen and oxygen atoms in total. The van der Waals surface area contributed by atoms with Crippen molar-refractivity contribution in [3.8, 4) is 0 Å². The van der Waals surface area contributed by atoms with Gasteiger partial charge < -0.3 is 10.2 Å². The van der Waals surface area contributed by atoms with Crippen LogP contribution in [0.2, 0.25) is 0 Å². The number of piperazine rings is 1. The first-order chi connectivity index (χ1) is 9.56. The second-order valence-electron chi connectivity index (χ2n) is 5.26. The third kappa shape index (κ3) is 2.84. The van der Waals surface area contributed by atoms with Gasteiger partial charge in [-0.2, -0.15) is 5.10 Å². The second-order valence-corrected chi connectivity index (χ2v) is 5.26. The van der Waals surface area contributed by atoms with Crippen LogP contribution in [0.3, 0.4) is 0 Å². The van der Waals surface area contributed by atoms with Crippen molar-refractivity contribution in [1.29, 1.82) is 0 Å². The normalized spacial score (nSPS) is 23.1. The van der Waals surface area contributed by atoms with Crippen molar-refractivity contribution in [2.45, 2.75) is 51.7 Å². The Labute approximate surface area is 119 Å². The fourth-order valence-electron chi connectivity index (χ4n) is 2.60. The molecule has 2 heterocycles. The predicted molar refractivity (Wildman–Crippen MR) is 74.7 cm³/mol. The van der Waals surface area contributed by atoms with Crippen molar-refractivity contribution in [3.05, 3.63) is 18.0 Å². The molecule has 1 N–H and O–H groups in total. The summed E-state index contributed by atoms with van der Waals surface area (Å²) in [4.78, 5) is 26.4. The number of nitrogens with zero attached hydrogens (tertiary/aromatic N) is 3. The third-order valence-electron chi connectivity index (χ3n) is 3.66. The predicted octanol–water partition coefficient (Wildman–Crippen LogP) is 0.826. The Morgan fingerprint density at radius 2 is 2.10 bits per heavy atom. The minimum Gasteiger partial charge on any atom is -0.343 e. The van der Waals surface area contributed by atoms with Crippen molar-refractivity contribution in [2.75, 3.05) is 0 Å². The number of carbonyl (C=O) groups excluding carboxylic acids is 2. The SMILES string of the molecule is CCCC1C(=O)NC(CC)C(=O)N1Cc1cnn(C)c1. The third-order valence-corrected chi connectivity index (χ3v) is 3.66. The summed E-state index contributed by atoms with van der Waals surface area (Å²) in [7, 11) is 1.84. The molecule has 0 aromatic carbocycles. The highest BCUT2D eigenvalue weighted by Crippen LogP contribution is 2.19. The first-order valence-electron chi connectivity index (χ1n) is 7.15. The monoisotopic (exact) mass is 278 g/mol. The fraction of sp³-hybridized carbons (Fsp3) is 0.643. The van der Waals surface area contributed by atoms with Gasteiger partial charge in [-0.3, -0.25) is 14.3 Å². The molecule has 2 unspecified atom stereocenters. The Morgan fingerprint density at radius 1 is 1.35 bits per heavy atom. The van der Waals surface area contributed by atoms with Crippen LogP contribution in [0.25, 0.3) is 0 Å². The molecule has 1 fully saturated rings. The highest BCUT2D eigenvalue weighted by molar-refractivity contribution is 5.96. The average molecular weight is 278 g/mol. The van der Waals surface area contributed by atoms with E-state index in [-0.39, 0.29) is 17.9 Å². The quantitative estimate of drug-likeness (QED) is 0.867. The van der Waals surface area contributed by atoms with Crippen LogP contribution in [0.1, 0.15) is 38.7 Å². The minimum atomic E-state index is -0.396. The first-order valence-corrected chi connectivity index (χ1v) is 7.15. The molecule has 6 heteroatoms. The van der Waals surface area contributed by atoms with Crippen molar-refractivity contribution < 1.29 is 9.59 Å². The van der Waals surface area contributed by atoms with Gasteiger partial charge in [0.15, 0.2) is 0 Å². The number of carbonyl (C=O) groups is 2. The van der Waals surface area contributed by atoms with Gasteiger partial charge in [0.05, 0.1) is 6.20 Å². The zero-order valence-corrected chi connectivity index (χ0v) is 12.3. The van der Waals surface area contributed by atoms with Crippen molar-refractivity contribution in [2.24, 2.45) is 7.05 Å². The average Bonchev–Trinajstić information content (AvgIpc) is 2.83. The molecule has 1 aliphatic heterocycles. The zero-order valence-electron chi connectivity index (χ0n) is 12.3. The van der Waals surface area contributed by atoms with Crippen molar-refractivity contribution in [1.82, 2.24) is 20.0 Å². The maximum atomic E-state index is 12.5. The van der Waals surface area contributed by atoms with Crippen molar-refractivity contribution in [3.63, 3.8) is 0 Å². The molecule has 0 bridgehead atoms. The molecule has 110 valence electrons. The lowest BCUT2D eigenvalue weighted by Gasteiger charge is -2.38. The van der Waals surface area contributed by atoms with Gasteiger partial charge in [0, 0.05) is 25.4 Å². The van der Waals surface area contributed by atoms with Gasteiger partial charge in [-0.1, -0.05) is 20.3 Å². The summed E-state index contributed by atoms with van der Waals surface area (Å²) in [6, 6.07) is -0.761. The second kappa shape index (κ2) is 6.07. The Morgan fingerprint density at radius 3 is 2.65 bits per heavy atom. The van der Waals surface area contributed by atoms with E-state index in [1.165, 1.54) is 0 Å². The Kier molecular flexibility index (Phi) is 4.42. The summed E-state index contributed by atoms with van der Waals surface area (Å²) >= 11 is 0. The first kappa shape index (κ1) is 14.6. The summed E-state index contributed by atoms with van der Waals surface area (Å²) in [5.41, 5.74) is 0.950. The summed E-state index contributed by atoms with van der Waals surface area (Å²) in [5, 5.41) is 6.94. The van der Waals surface area contributed by atoms with Crippen LogP contribution in [-0.2, 0) is 23.2 Å². The number of rotatable bonds is 5. The van der Waals surface area contributed by atoms with Crippen LogP contribution >= 0.6 is 0 Å². The molecule has 20 heavy (non-hydrogen) atoms. The Balaban J connectivity index is 2.22. The lowest BCUT2D eigenvalue weighted by molar-refractivity contribution is -0.150. The number of aryl methyl sites for hydroxylation is 1. The summed E-state index contributed by atoms with van der Waals surface area (Å²) < 4.78 is 1.70. The number of hydrogen-bond donors (Lipinski definition) is 1. The number of hydrogen-bond acceptors (Lipinski definition) is 3. The van der Waals surface area contributed by atoms with E-state index in [0.717, 1.165) is 12.0 Å². The van der Waals surface area contributed by atoms with Gasteiger partial charge in [0.1, 0.15) is 12.1 Å². The van der Waals surface area contributed by atoms with Crippen LogP contribution in [0.15, 0.2) is 12.4 Å². The molecular weight excluding hydrogens is 256 g/mol. The highest BCUT2D eigenvalue weighted by atomic mass is 16.2. The Hall–Kier alpha value is -1.85. The van der Waals surface area contributed by atoms with E-state index < -0.39 is 6.04 Å². The molecule has 2 amide bonds. The van der Waals surface area contributed by atoms with Crippen LogP contribution in [0.5, 0.6) is 0 Å². The molecule has 0 spiro atoms. The lowest BCUT2D eigenvalue weighted by Crippen LogP contribution is -2.62. The topological polar surface area (TPSA) is 67.2 Å². The molecule has 0 radical (unpaired) electrons. The largest absolute Gasteiger partial charge is 0.343 e. The maximum Gasteiger partial charge on any atom is 0.246 e. The molecule has 0 saturated carbocycles. The highest BCUT2D eigenvalue weighted by Gasteiger charge is 2.39. The van der Waals surface area contributed by atoms with Crippen molar-refractivity contribution >= 4 is 11.8 Å². The zero-order chi connectivity index (χ0) is 14.7. The van der Waals surface area contributed by atoms with Crippen LogP contribution < -0.4 is 5.32 Å². The molecule has 1 aliphatic rings. The molecule has 1 saturated heterocycles. The number of amides is 2. The standard InChI is InChI=1S/C14H22N4O2/c1-4-6-12-13(19)16-11(5-2)14(20)18(12)9-10-7-15-17(3)8-10/h7-8,11-12H,4-6,9H2,1-3H3,(H,16,19). The van der Waals surface area contributed by atoms with E-state index in [0.29, 0.717) is 19.4 Å². The molecule has 2 atom stereocenters. The van der Waals surface area contributed by atoms with E-state index in [1.54, 1.807) is 15.8 Å². The van der Waals surface area contributed by atoms with Gasteiger partial charge >= 0.3 is 0 Å². The fourth-order valence-corrected chi connectivity index (χ4v) is 2.60. The maximum absolute atomic E-state index is 12.5. The van der Waals surface area contributed by atoms with Crippen LogP contribution in [0, 0.1) is 0 Å². The van der Waals surface area contributed by atoms with Crippen LogP contribution in [0.4, 0.5) is 0 Å². The van der Waals surface area contributed by atoms with E-state index in [4.69, 9.17) is 0 Å². The van der Waals surface area contributed by atoms with Gasteiger partial charge in [0.25, 0.3) is 0 Å². The van der Waals surface area contributed by atoms with Gasteiger partial charge in [0.2, 0.25) is 11.8 Å². The summed E-state index contributed by atoms with van der Waals surface area (Å²) in [6.07, 6.45) is 5.79. The van der Waals surface area contributed by atoms with Gasteiger partial charge in [-0.25, -0.2) is 0 Å². The van der Waals surface area contributed by atoms with E-state index in [1.807, 2.05) is 27.1 Å². The van der Waals surface area contributed by atoms with E-state index in [9.17, 15) is 9.59 Å². The van der Waals surface area contributed by atoms with Gasteiger partial charge in [-0.05, 0) is 12.8 Å². The molecular formula is C14H22N4O2. The summed E-state index contributed by atoms with van der Waals surface area (Å²) in [5.74, 6) is -0.0309. The smallest absolute Gasteiger partial charge is 0.246 e. The van der Waals surface area contributed by atoms with E-state index in [2.05, 4.69) is 10.4 Å².